The lowest BCUT2D eigenvalue weighted by Gasteiger charge is -2.28. The molecule has 0 bridgehead atoms. The SMILES string of the molecule is CCn1nc(C)c(Br)c1CC1(N)CCCCCC1. The summed E-state index contributed by atoms with van der Waals surface area (Å²) in [5.41, 5.74) is 8.95. The third kappa shape index (κ3) is 2.97. The van der Waals surface area contributed by atoms with Gasteiger partial charge in [0.25, 0.3) is 0 Å². The Morgan fingerprint density at radius 1 is 1.28 bits per heavy atom. The number of rotatable bonds is 3. The molecule has 0 aromatic carbocycles. The largest absolute Gasteiger partial charge is 0.325 e. The molecule has 1 aliphatic carbocycles. The van der Waals surface area contributed by atoms with Gasteiger partial charge in [0, 0.05) is 18.5 Å². The molecule has 0 atom stereocenters. The highest BCUT2D eigenvalue weighted by Gasteiger charge is 2.29. The number of hydrogen-bond donors (Lipinski definition) is 1. The summed E-state index contributed by atoms with van der Waals surface area (Å²) in [5.74, 6) is 0. The van der Waals surface area contributed by atoms with Crippen molar-refractivity contribution >= 4 is 15.9 Å². The van der Waals surface area contributed by atoms with Crippen molar-refractivity contribution in [2.24, 2.45) is 5.73 Å². The number of nitrogens with zero attached hydrogens (tertiary/aromatic N) is 2. The highest BCUT2D eigenvalue weighted by atomic mass is 79.9. The van der Waals surface area contributed by atoms with E-state index in [4.69, 9.17) is 5.73 Å². The minimum Gasteiger partial charge on any atom is -0.325 e. The van der Waals surface area contributed by atoms with Gasteiger partial charge in [-0.05, 0) is 42.6 Å². The van der Waals surface area contributed by atoms with E-state index in [2.05, 4.69) is 39.6 Å². The van der Waals surface area contributed by atoms with E-state index < -0.39 is 0 Å². The molecule has 1 aliphatic rings. The number of nitrogens with two attached hydrogens (primary N) is 1. The summed E-state index contributed by atoms with van der Waals surface area (Å²) in [4.78, 5) is 0. The molecule has 0 amide bonds. The van der Waals surface area contributed by atoms with Crippen LogP contribution in [0.25, 0.3) is 0 Å². The standard InChI is InChI=1S/C14H24BrN3/c1-3-18-12(13(15)11(2)17-18)10-14(16)8-6-4-5-7-9-14/h3-10,16H2,1-2H3. The fraction of sp³-hybridized carbons (Fsp3) is 0.786. The van der Waals surface area contributed by atoms with E-state index in [9.17, 15) is 0 Å². The number of halogens is 1. The minimum absolute atomic E-state index is 0.0294. The predicted octanol–water partition coefficient (Wildman–Crippen LogP) is 3.57. The van der Waals surface area contributed by atoms with Crippen LogP contribution in [0.1, 0.15) is 56.8 Å². The molecule has 1 aromatic heterocycles. The van der Waals surface area contributed by atoms with E-state index in [1.54, 1.807) is 0 Å². The van der Waals surface area contributed by atoms with Gasteiger partial charge >= 0.3 is 0 Å². The first-order chi connectivity index (χ1) is 8.56. The maximum Gasteiger partial charge on any atom is 0.0738 e. The van der Waals surface area contributed by atoms with Gasteiger partial charge in [0.15, 0.2) is 0 Å². The molecule has 2 N–H and O–H groups in total. The van der Waals surface area contributed by atoms with Gasteiger partial charge in [-0.3, -0.25) is 4.68 Å². The normalized spacial score (nSPS) is 19.8. The van der Waals surface area contributed by atoms with Crippen molar-refractivity contribution in [2.75, 3.05) is 0 Å². The zero-order valence-corrected chi connectivity index (χ0v) is 13.1. The fourth-order valence-corrected chi connectivity index (χ4v) is 3.40. The topological polar surface area (TPSA) is 43.8 Å². The summed E-state index contributed by atoms with van der Waals surface area (Å²) in [6, 6.07) is 0. The van der Waals surface area contributed by atoms with Crippen molar-refractivity contribution in [1.82, 2.24) is 9.78 Å². The number of aromatic nitrogens is 2. The van der Waals surface area contributed by atoms with Crippen LogP contribution in [0.5, 0.6) is 0 Å². The number of hydrogen-bond acceptors (Lipinski definition) is 2. The first-order valence-electron chi connectivity index (χ1n) is 7.06. The van der Waals surface area contributed by atoms with Gasteiger partial charge in [0.05, 0.1) is 15.9 Å². The van der Waals surface area contributed by atoms with Crippen LogP contribution in [0.2, 0.25) is 0 Å². The third-order valence-corrected chi connectivity index (χ3v) is 5.10. The van der Waals surface area contributed by atoms with Crippen molar-refractivity contribution in [1.29, 1.82) is 0 Å². The molecule has 0 saturated heterocycles. The molecule has 102 valence electrons. The average Bonchev–Trinajstić information content (AvgIpc) is 2.54. The Bertz CT molecular complexity index is 403. The van der Waals surface area contributed by atoms with E-state index in [1.807, 2.05) is 0 Å². The van der Waals surface area contributed by atoms with E-state index in [-0.39, 0.29) is 5.54 Å². The minimum atomic E-state index is -0.0294. The predicted molar refractivity (Wildman–Crippen MR) is 78.7 cm³/mol. The highest BCUT2D eigenvalue weighted by Crippen LogP contribution is 2.31. The molecule has 0 unspecified atom stereocenters. The lowest BCUT2D eigenvalue weighted by molar-refractivity contribution is 0.358. The van der Waals surface area contributed by atoms with Gasteiger partial charge in [0.1, 0.15) is 0 Å². The smallest absolute Gasteiger partial charge is 0.0738 e. The van der Waals surface area contributed by atoms with Gasteiger partial charge in [-0.2, -0.15) is 5.10 Å². The van der Waals surface area contributed by atoms with Crippen LogP contribution in [0.4, 0.5) is 0 Å². The van der Waals surface area contributed by atoms with E-state index in [1.165, 1.54) is 31.4 Å². The second kappa shape index (κ2) is 5.74. The average molecular weight is 314 g/mol. The van der Waals surface area contributed by atoms with Crippen molar-refractivity contribution < 1.29 is 0 Å². The second-order valence-electron chi connectivity index (χ2n) is 5.62. The molecule has 1 heterocycles. The van der Waals surface area contributed by atoms with Crippen molar-refractivity contribution in [3.8, 4) is 0 Å². The highest BCUT2D eigenvalue weighted by molar-refractivity contribution is 9.10. The first kappa shape index (κ1) is 14.1. The van der Waals surface area contributed by atoms with Gasteiger partial charge < -0.3 is 5.73 Å². The Balaban J connectivity index is 2.21. The van der Waals surface area contributed by atoms with Crippen LogP contribution in [-0.4, -0.2) is 15.3 Å². The first-order valence-corrected chi connectivity index (χ1v) is 7.86. The lowest BCUT2D eigenvalue weighted by Crippen LogP contribution is -2.42. The number of aryl methyl sites for hydroxylation is 2. The van der Waals surface area contributed by atoms with Gasteiger partial charge in [-0.15, -0.1) is 0 Å². The summed E-state index contributed by atoms with van der Waals surface area (Å²) in [6.45, 7) is 5.10. The van der Waals surface area contributed by atoms with E-state index in [0.29, 0.717) is 0 Å². The van der Waals surface area contributed by atoms with Crippen LogP contribution in [0.15, 0.2) is 4.47 Å². The van der Waals surface area contributed by atoms with Crippen LogP contribution in [-0.2, 0) is 13.0 Å². The van der Waals surface area contributed by atoms with Crippen molar-refractivity contribution in [2.45, 2.75) is 70.9 Å². The third-order valence-electron chi connectivity index (χ3n) is 4.07. The molecular weight excluding hydrogens is 290 g/mol. The summed E-state index contributed by atoms with van der Waals surface area (Å²) in [7, 11) is 0. The van der Waals surface area contributed by atoms with Crippen molar-refractivity contribution in [3.05, 3.63) is 15.9 Å². The monoisotopic (exact) mass is 313 g/mol. The Labute approximate surface area is 118 Å². The Morgan fingerprint density at radius 3 is 2.44 bits per heavy atom. The Morgan fingerprint density at radius 2 is 1.89 bits per heavy atom. The maximum atomic E-state index is 6.63. The summed E-state index contributed by atoms with van der Waals surface area (Å²) >= 11 is 3.67. The van der Waals surface area contributed by atoms with Gasteiger partial charge in [0.2, 0.25) is 0 Å². The van der Waals surface area contributed by atoms with Crippen LogP contribution in [0, 0.1) is 6.92 Å². The fourth-order valence-electron chi connectivity index (χ4n) is 2.98. The van der Waals surface area contributed by atoms with E-state index in [0.717, 1.165) is 36.0 Å². The molecule has 1 aromatic rings. The molecule has 18 heavy (non-hydrogen) atoms. The molecule has 1 fully saturated rings. The molecule has 0 spiro atoms. The van der Waals surface area contributed by atoms with Gasteiger partial charge in [-0.1, -0.05) is 25.7 Å². The Hall–Kier alpha value is -0.350. The summed E-state index contributed by atoms with van der Waals surface area (Å²) in [5, 5.41) is 4.56. The molecule has 4 heteroatoms. The quantitative estimate of drug-likeness (QED) is 0.867. The van der Waals surface area contributed by atoms with Crippen LogP contribution < -0.4 is 5.73 Å². The molecule has 1 saturated carbocycles. The molecule has 2 rings (SSSR count). The van der Waals surface area contributed by atoms with Gasteiger partial charge in [-0.25, -0.2) is 0 Å². The summed E-state index contributed by atoms with van der Waals surface area (Å²) < 4.78 is 3.25. The zero-order valence-electron chi connectivity index (χ0n) is 11.5. The van der Waals surface area contributed by atoms with E-state index >= 15 is 0 Å². The molecule has 0 aliphatic heterocycles. The zero-order chi connectivity index (χ0) is 13.2. The molecule has 3 nitrogen and oxygen atoms in total. The second-order valence-corrected chi connectivity index (χ2v) is 6.41. The lowest BCUT2D eigenvalue weighted by atomic mass is 9.86. The maximum absolute atomic E-state index is 6.63. The van der Waals surface area contributed by atoms with Crippen LogP contribution in [0.3, 0.4) is 0 Å². The molecular formula is C14H24BrN3. The van der Waals surface area contributed by atoms with Crippen molar-refractivity contribution in [3.63, 3.8) is 0 Å². The van der Waals surface area contributed by atoms with Crippen LogP contribution >= 0.6 is 15.9 Å². The Kier molecular flexibility index (Phi) is 4.49. The molecule has 0 radical (unpaired) electrons. The summed E-state index contributed by atoms with van der Waals surface area (Å²) in [6.07, 6.45) is 8.46.